The fourth-order valence-corrected chi connectivity index (χ4v) is 6.84. The van der Waals surface area contributed by atoms with Gasteiger partial charge in [-0.3, -0.25) is 4.79 Å². The third-order valence-corrected chi connectivity index (χ3v) is 10.5. The number of hydrogen-bond acceptors (Lipinski definition) is 9. The topological polar surface area (TPSA) is 111 Å². The van der Waals surface area contributed by atoms with Crippen molar-refractivity contribution in [1.82, 2.24) is 10.2 Å². The highest BCUT2D eigenvalue weighted by Crippen LogP contribution is 2.13. The van der Waals surface area contributed by atoms with Gasteiger partial charge < -0.3 is 35.0 Å². The molecular formula is C51H110N2O6S. The van der Waals surface area contributed by atoms with Crippen molar-refractivity contribution in [2.24, 2.45) is 0 Å². The van der Waals surface area contributed by atoms with Crippen LogP contribution in [0.2, 0.25) is 0 Å². The van der Waals surface area contributed by atoms with Crippen LogP contribution >= 0.6 is 11.8 Å². The van der Waals surface area contributed by atoms with Gasteiger partial charge in [0.05, 0.1) is 6.61 Å². The first-order valence-corrected chi connectivity index (χ1v) is 27.6. The average molecular weight is 880 g/mol. The third-order valence-electron chi connectivity index (χ3n) is 10.5. The van der Waals surface area contributed by atoms with Gasteiger partial charge in [0.1, 0.15) is 6.04 Å². The lowest BCUT2D eigenvalue weighted by molar-refractivity contribution is -0.146. The smallest absolute Gasteiger partial charge is 0.323 e. The summed E-state index contributed by atoms with van der Waals surface area (Å²) in [7, 11) is 0. The van der Waals surface area contributed by atoms with Crippen LogP contribution in [0.1, 0.15) is 247 Å². The van der Waals surface area contributed by atoms with Gasteiger partial charge in [0, 0.05) is 19.8 Å². The van der Waals surface area contributed by atoms with Crippen molar-refractivity contribution in [3.63, 3.8) is 0 Å². The first-order valence-electron chi connectivity index (χ1n) is 26.0. The van der Waals surface area contributed by atoms with E-state index in [0.717, 1.165) is 122 Å². The van der Waals surface area contributed by atoms with Gasteiger partial charge in [-0.25, -0.2) is 0 Å². The molecular weight excluding hydrogens is 769 g/mol. The summed E-state index contributed by atoms with van der Waals surface area (Å²) in [6.07, 6.45) is 40.3. The van der Waals surface area contributed by atoms with Crippen LogP contribution in [0.4, 0.5) is 0 Å². The molecule has 0 aliphatic carbocycles. The molecule has 0 bridgehead atoms. The second-order valence-electron chi connectivity index (χ2n) is 16.5. The van der Waals surface area contributed by atoms with E-state index in [4.69, 9.17) is 14.6 Å². The summed E-state index contributed by atoms with van der Waals surface area (Å²) in [5, 5.41) is 31.3. The van der Waals surface area contributed by atoms with Crippen molar-refractivity contribution in [1.29, 1.82) is 0 Å². The standard InChI is InChI=1S/C39H80N2O5.C8H18O.C2H6S.C2H6/c1-4-7-10-12-14-19-28-37(40-30-21-9-6-3)39(44)46-36-27-17-15-22-31-41(33-24-25-34-42)32-23-18-20-29-38(43)45-35-26-16-13-11-8-5-2;1-2-3-4-5-6-7-8-9;1-3-2;1-2/h37-38,40,42-43H,4-36H2,1-3H3;9H,2-8H2,1H3;1-2H3;1-2H3. The Labute approximate surface area is 380 Å². The number of ether oxygens (including phenoxy) is 2. The van der Waals surface area contributed by atoms with E-state index < -0.39 is 6.29 Å². The van der Waals surface area contributed by atoms with Crippen LogP contribution in [0, 0.1) is 0 Å². The zero-order valence-corrected chi connectivity index (χ0v) is 42.7. The number of esters is 1. The average Bonchev–Trinajstić information content (AvgIpc) is 3.25. The maximum Gasteiger partial charge on any atom is 0.323 e. The van der Waals surface area contributed by atoms with Gasteiger partial charge in [-0.1, -0.05) is 176 Å². The van der Waals surface area contributed by atoms with Crippen LogP contribution in [0.25, 0.3) is 0 Å². The SMILES string of the molecule is CC.CCCCCCCCO.CCCCCCCCOC(O)CCCCCN(CCCCO)CCCCCCOC(=O)C(CCCCCCCC)NCCCCC.CSC. The van der Waals surface area contributed by atoms with Gasteiger partial charge in [-0.2, -0.15) is 11.8 Å². The van der Waals surface area contributed by atoms with E-state index >= 15 is 0 Å². The minimum absolute atomic E-state index is 0.0583. The molecule has 0 spiro atoms. The number of nitrogens with zero attached hydrogens (tertiary/aromatic N) is 1. The lowest BCUT2D eigenvalue weighted by atomic mass is 10.1. The monoisotopic (exact) mass is 879 g/mol. The summed E-state index contributed by atoms with van der Waals surface area (Å²) in [5.41, 5.74) is 0. The van der Waals surface area contributed by atoms with Gasteiger partial charge in [-0.15, -0.1) is 0 Å². The number of aliphatic hydroxyl groups excluding tert-OH is 3. The maximum absolute atomic E-state index is 12.8. The van der Waals surface area contributed by atoms with E-state index in [0.29, 0.717) is 19.8 Å². The van der Waals surface area contributed by atoms with Crippen molar-refractivity contribution < 1.29 is 29.6 Å². The van der Waals surface area contributed by atoms with Crippen molar-refractivity contribution in [2.75, 3.05) is 65.1 Å². The van der Waals surface area contributed by atoms with Gasteiger partial charge in [0.2, 0.25) is 0 Å². The lowest BCUT2D eigenvalue weighted by Crippen LogP contribution is -2.38. The number of rotatable bonds is 44. The Kier molecular flexibility index (Phi) is 69.4. The molecule has 8 nitrogen and oxygen atoms in total. The first-order chi connectivity index (χ1) is 29.4. The van der Waals surface area contributed by atoms with E-state index in [9.17, 15) is 15.0 Å². The molecule has 0 saturated carbocycles. The number of unbranched alkanes of at least 4 members (excludes halogenated alkanes) is 23. The molecule has 60 heavy (non-hydrogen) atoms. The highest BCUT2D eigenvalue weighted by molar-refractivity contribution is 7.97. The van der Waals surface area contributed by atoms with Crippen LogP contribution in [0.15, 0.2) is 0 Å². The molecule has 2 atom stereocenters. The predicted octanol–water partition coefficient (Wildman–Crippen LogP) is 13.7. The fraction of sp³-hybridized carbons (Fsp3) is 0.980. The number of thioether (sulfide) groups is 1. The molecule has 0 saturated heterocycles. The third kappa shape index (κ3) is 59.7. The minimum Gasteiger partial charge on any atom is -0.465 e. The molecule has 0 aromatic carbocycles. The Morgan fingerprint density at radius 3 is 1.40 bits per heavy atom. The second kappa shape index (κ2) is 62.9. The van der Waals surface area contributed by atoms with E-state index in [1.807, 2.05) is 26.4 Å². The van der Waals surface area contributed by atoms with Crippen LogP contribution in [-0.2, 0) is 14.3 Å². The molecule has 0 aliphatic rings. The van der Waals surface area contributed by atoms with Crippen molar-refractivity contribution in [3.8, 4) is 0 Å². The Morgan fingerprint density at radius 2 is 0.883 bits per heavy atom. The van der Waals surface area contributed by atoms with E-state index in [-0.39, 0.29) is 18.6 Å². The van der Waals surface area contributed by atoms with Crippen LogP contribution in [0.3, 0.4) is 0 Å². The molecule has 0 amide bonds. The normalized spacial score (nSPS) is 11.9. The van der Waals surface area contributed by atoms with Crippen molar-refractivity contribution >= 4 is 17.7 Å². The number of aliphatic hydroxyl groups is 3. The molecule has 9 heteroatoms. The van der Waals surface area contributed by atoms with Crippen LogP contribution < -0.4 is 5.32 Å². The summed E-state index contributed by atoms with van der Waals surface area (Å²) in [5.74, 6) is -0.0583. The fourth-order valence-electron chi connectivity index (χ4n) is 6.84. The molecule has 4 N–H and O–H groups in total. The maximum atomic E-state index is 12.8. The molecule has 0 radical (unpaired) electrons. The van der Waals surface area contributed by atoms with Crippen LogP contribution in [-0.4, -0.2) is 104 Å². The molecule has 0 fully saturated rings. The number of hydrogen-bond donors (Lipinski definition) is 4. The second-order valence-corrected chi connectivity index (χ2v) is 17.3. The summed E-state index contributed by atoms with van der Waals surface area (Å²) < 4.78 is 11.3. The Bertz CT molecular complexity index is 732. The van der Waals surface area contributed by atoms with Gasteiger partial charge >= 0.3 is 5.97 Å². The minimum atomic E-state index is -0.621. The van der Waals surface area contributed by atoms with E-state index in [1.165, 1.54) is 109 Å². The number of carbonyl (C=O) groups is 1. The zero-order valence-electron chi connectivity index (χ0n) is 41.9. The summed E-state index contributed by atoms with van der Waals surface area (Å²) in [6, 6.07) is -0.156. The predicted molar refractivity (Wildman–Crippen MR) is 267 cm³/mol. The van der Waals surface area contributed by atoms with Crippen molar-refractivity contribution in [2.45, 2.75) is 259 Å². The highest BCUT2D eigenvalue weighted by atomic mass is 32.2. The Morgan fingerprint density at radius 1 is 0.517 bits per heavy atom. The molecule has 0 aromatic heterocycles. The largest absolute Gasteiger partial charge is 0.465 e. The highest BCUT2D eigenvalue weighted by Gasteiger charge is 2.18. The summed E-state index contributed by atoms with van der Waals surface area (Å²) in [4.78, 5) is 15.4. The van der Waals surface area contributed by atoms with Gasteiger partial charge in [-0.05, 0) is 109 Å². The molecule has 0 aliphatic heterocycles. The van der Waals surface area contributed by atoms with Gasteiger partial charge in [0.15, 0.2) is 6.29 Å². The molecule has 366 valence electrons. The quantitative estimate of drug-likeness (QED) is 0.0270. The van der Waals surface area contributed by atoms with Crippen molar-refractivity contribution in [3.05, 3.63) is 0 Å². The summed E-state index contributed by atoms with van der Waals surface area (Å²) in [6.45, 7) is 18.8. The Balaban J connectivity index is -0.000000959. The zero-order chi connectivity index (χ0) is 45.4. The summed E-state index contributed by atoms with van der Waals surface area (Å²) >= 11 is 1.75. The Hall–Kier alpha value is -0.420. The van der Waals surface area contributed by atoms with E-state index in [2.05, 4.69) is 37.9 Å². The number of nitrogens with one attached hydrogen (secondary N) is 1. The number of carbonyl (C=O) groups excluding carboxylic acids is 1. The van der Waals surface area contributed by atoms with Gasteiger partial charge in [0.25, 0.3) is 0 Å². The molecule has 2 unspecified atom stereocenters. The van der Waals surface area contributed by atoms with E-state index in [1.54, 1.807) is 11.8 Å². The molecule has 0 heterocycles. The van der Waals surface area contributed by atoms with Crippen LogP contribution in [0.5, 0.6) is 0 Å². The molecule has 0 rings (SSSR count). The lowest BCUT2D eigenvalue weighted by Gasteiger charge is -2.22. The first kappa shape index (κ1) is 66.2. The molecule has 0 aromatic rings.